The van der Waals surface area contributed by atoms with Gasteiger partial charge in [0.1, 0.15) is 0 Å². The Labute approximate surface area is 142 Å². The summed E-state index contributed by atoms with van der Waals surface area (Å²) in [5, 5.41) is 11.4. The summed E-state index contributed by atoms with van der Waals surface area (Å²) in [7, 11) is -2.37. The number of benzene rings is 1. The predicted octanol–water partition coefficient (Wildman–Crippen LogP) is 1.55. The molecule has 1 fully saturated rings. The molecule has 1 aliphatic heterocycles. The summed E-state index contributed by atoms with van der Waals surface area (Å²) >= 11 is 0. The SMILES string of the molecule is COC(=O)[C@H]1O[C@@H](/C=C/S(=O)(=O)c2ccccc2)[C@@H](C)[C@@H](O)C1C. The lowest BCUT2D eigenvalue weighted by Crippen LogP contribution is -2.51. The van der Waals surface area contributed by atoms with Crippen LogP contribution in [0.3, 0.4) is 0 Å². The van der Waals surface area contributed by atoms with E-state index in [1.165, 1.54) is 25.3 Å². The van der Waals surface area contributed by atoms with E-state index in [1.807, 2.05) is 0 Å². The number of carbonyl (C=O) groups excluding carboxylic acids is 1. The van der Waals surface area contributed by atoms with Crippen molar-refractivity contribution in [2.75, 3.05) is 7.11 Å². The molecule has 1 aromatic carbocycles. The second kappa shape index (κ2) is 7.46. The van der Waals surface area contributed by atoms with E-state index in [9.17, 15) is 18.3 Å². The molecule has 1 heterocycles. The summed E-state index contributed by atoms with van der Waals surface area (Å²) in [4.78, 5) is 12.0. The Morgan fingerprint density at radius 3 is 2.42 bits per heavy atom. The van der Waals surface area contributed by atoms with Gasteiger partial charge in [0.2, 0.25) is 0 Å². The first-order valence-electron chi connectivity index (χ1n) is 7.67. The summed E-state index contributed by atoms with van der Waals surface area (Å²) in [6.07, 6.45) is -1.08. The van der Waals surface area contributed by atoms with Crippen molar-refractivity contribution in [3.05, 3.63) is 41.8 Å². The van der Waals surface area contributed by atoms with Crippen LogP contribution in [0.15, 0.2) is 46.7 Å². The molecule has 1 aliphatic rings. The zero-order chi connectivity index (χ0) is 17.9. The normalized spacial score (nSPS) is 31.1. The van der Waals surface area contributed by atoms with E-state index >= 15 is 0 Å². The third-order valence-corrected chi connectivity index (χ3v) is 5.77. The van der Waals surface area contributed by atoms with Crippen molar-refractivity contribution in [3.8, 4) is 0 Å². The molecule has 5 atom stereocenters. The number of methoxy groups -OCH3 is 1. The molecule has 0 radical (unpaired) electrons. The van der Waals surface area contributed by atoms with E-state index in [-0.39, 0.29) is 10.8 Å². The van der Waals surface area contributed by atoms with Crippen molar-refractivity contribution in [1.29, 1.82) is 0 Å². The van der Waals surface area contributed by atoms with Crippen LogP contribution in [0.1, 0.15) is 13.8 Å². The molecule has 0 bridgehead atoms. The topological polar surface area (TPSA) is 89.9 Å². The van der Waals surface area contributed by atoms with Crippen molar-refractivity contribution in [2.45, 2.75) is 37.1 Å². The van der Waals surface area contributed by atoms with Gasteiger partial charge in [0.05, 0.1) is 24.2 Å². The van der Waals surface area contributed by atoms with Crippen LogP contribution in [0, 0.1) is 11.8 Å². The largest absolute Gasteiger partial charge is 0.467 e. The minimum atomic E-state index is -3.62. The van der Waals surface area contributed by atoms with Gasteiger partial charge in [0.25, 0.3) is 0 Å². The Hall–Kier alpha value is -1.70. The summed E-state index contributed by atoms with van der Waals surface area (Å²) in [5.41, 5.74) is 0. The third-order valence-electron chi connectivity index (χ3n) is 4.33. The van der Waals surface area contributed by atoms with E-state index in [4.69, 9.17) is 4.74 Å². The van der Waals surface area contributed by atoms with Crippen molar-refractivity contribution in [2.24, 2.45) is 11.8 Å². The Morgan fingerprint density at radius 1 is 1.21 bits per heavy atom. The van der Waals surface area contributed by atoms with Gasteiger partial charge in [-0.3, -0.25) is 0 Å². The van der Waals surface area contributed by atoms with Crippen LogP contribution in [0.2, 0.25) is 0 Å². The number of sulfone groups is 1. The third kappa shape index (κ3) is 3.85. The summed E-state index contributed by atoms with van der Waals surface area (Å²) in [6, 6.07) is 8.00. The summed E-state index contributed by atoms with van der Waals surface area (Å²) in [6.45, 7) is 3.45. The van der Waals surface area contributed by atoms with Gasteiger partial charge >= 0.3 is 5.97 Å². The van der Waals surface area contributed by atoms with Crippen LogP contribution in [0.4, 0.5) is 0 Å². The first-order valence-corrected chi connectivity index (χ1v) is 9.22. The molecule has 132 valence electrons. The van der Waals surface area contributed by atoms with Gasteiger partial charge in [-0.05, 0) is 18.2 Å². The quantitative estimate of drug-likeness (QED) is 0.825. The maximum absolute atomic E-state index is 12.3. The summed E-state index contributed by atoms with van der Waals surface area (Å²) in [5.74, 6) is -1.39. The second-order valence-electron chi connectivity index (χ2n) is 5.94. The average Bonchev–Trinajstić information content (AvgIpc) is 2.59. The van der Waals surface area contributed by atoms with Crippen molar-refractivity contribution < 1.29 is 27.8 Å². The molecule has 0 saturated carbocycles. The van der Waals surface area contributed by atoms with Gasteiger partial charge < -0.3 is 14.6 Å². The minimum Gasteiger partial charge on any atom is -0.467 e. The van der Waals surface area contributed by atoms with Gasteiger partial charge in [-0.25, -0.2) is 13.2 Å². The molecule has 0 aromatic heterocycles. The monoisotopic (exact) mass is 354 g/mol. The average molecular weight is 354 g/mol. The Kier molecular flexibility index (Phi) is 5.79. The molecule has 0 amide bonds. The Balaban J connectivity index is 2.22. The van der Waals surface area contributed by atoms with Gasteiger partial charge in [-0.1, -0.05) is 32.0 Å². The number of esters is 1. The first kappa shape index (κ1) is 18.6. The molecule has 24 heavy (non-hydrogen) atoms. The van der Waals surface area contributed by atoms with E-state index in [0.717, 1.165) is 5.41 Å². The lowest BCUT2D eigenvalue weighted by atomic mass is 9.83. The first-order chi connectivity index (χ1) is 11.3. The number of hydrogen-bond acceptors (Lipinski definition) is 6. The molecule has 7 heteroatoms. The number of rotatable bonds is 4. The number of ether oxygens (including phenoxy) is 2. The lowest BCUT2D eigenvalue weighted by Gasteiger charge is -2.40. The van der Waals surface area contributed by atoms with Gasteiger partial charge in [0.15, 0.2) is 15.9 Å². The predicted molar refractivity (Wildman–Crippen MR) is 87.8 cm³/mol. The highest BCUT2D eigenvalue weighted by Crippen LogP contribution is 2.31. The fraction of sp³-hybridized carbons (Fsp3) is 0.471. The number of aliphatic hydroxyl groups excluding tert-OH is 1. The Morgan fingerprint density at radius 2 is 1.83 bits per heavy atom. The van der Waals surface area contributed by atoms with Crippen LogP contribution >= 0.6 is 0 Å². The minimum absolute atomic E-state index is 0.170. The van der Waals surface area contributed by atoms with Crippen LogP contribution in [0.5, 0.6) is 0 Å². The van der Waals surface area contributed by atoms with E-state index in [1.54, 1.807) is 32.0 Å². The zero-order valence-electron chi connectivity index (χ0n) is 13.8. The molecule has 2 rings (SSSR count). The lowest BCUT2D eigenvalue weighted by molar-refractivity contribution is -0.185. The van der Waals surface area contributed by atoms with Crippen LogP contribution in [0.25, 0.3) is 0 Å². The standard InChI is InChI=1S/C17H22O6S/c1-11-14(23-16(17(19)22-3)12(2)15(11)18)9-10-24(20,21)13-7-5-4-6-8-13/h4-12,14-16,18H,1-3H3/b10-9+/t11-,12?,14+,15-,16+/m1/s1. The van der Waals surface area contributed by atoms with E-state index in [2.05, 4.69) is 4.74 Å². The molecule has 6 nitrogen and oxygen atoms in total. The molecule has 1 N–H and O–H groups in total. The fourth-order valence-corrected chi connectivity index (χ4v) is 3.80. The number of aliphatic hydroxyl groups is 1. The molecular formula is C17H22O6S. The van der Waals surface area contributed by atoms with Gasteiger partial charge in [-0.15, -0.1) is 0 Å². The van der Waals surface area contributed by atoms with Crippen LogP contribution in [-0.4, -0.2) is 44.9 Å². The highest BCUT2D eigenvalue weighted by Gasteiger charge is 2.43. The number of hydrogen-bond donors (Lipinski definition) is 1. The maximum atomic E-state index is 12.3. The zero-order valence-corrected chi connectivity index (χ0v) is 14.6. The fourth-order valence-electron chi connectivity index (χ4n) is 2.75. The molecule has 0 spiro atoms. The molecule has 1 aromatic rings. The highest BCUT2D eigenvalue weighted by molar-refractivity contribution is 7.94. The molecule has 1 unspecified atom stereocenters. The second-order valence-corrected chi connectivity index (χ2v) is 7.77. The smallest absolute Gasteiger partial charge is 0.335 e. The highest BCUT2D eigenvalue weighted by atomic mass is 32.2. The molecule has 0 aliphatic carbocycles. The van der Waals surface area contributed by atoms with Crippen molar-refractivity contribution >= 4 is 15.8 Å². The van der Waals surface area contributed by atoms with Crippen molar-refractivity contribution in [1.82, 2.24) is 0 Å². The Bertz CT molecular complexity index is 697. The van der Waals surface area contributed by atoms with Crippen LogP contribution < -0.4 is 0 Å². The maximum Gasteiger partial charge on any atom is 0.335 e. The summed E-state index contributed by atoms with van der Waals surface area (Å²) < 4.78 is 35.0. The van der Waals surface area contributed by atoms with E-state index < -0.39 is 40.0 Å². The van der Waals surface area contributed by atoms with Gasteiger partial charge in [-0.2, -0.15) is 0 Å². The van der Waals surface area contributed by atoms with Crippen LogP contribution in [-0.2, 0) is 24.1 Å². The molecular weight excluding hydrogens is 332 g/mol. The number of carbonyl (C=O) groups is 1. The van der Waals surface area contributed by atoms with Gasteiger partial charge in [0, 0.05) is 17.2 Å². The van der Waals surface area contributed by atoms with E-state index in [0.29, 0.717) is 0 Å². The van der Waals surface area contributed by atoms with Crippen molar-refractivity contribution in [3.63, 3.8) is 0 Å². The molecule has 1 saturated heterocycles.